The van der Waals surface area contributed by atoms with Crippen molar-refractivity contribution in [1.82, 2.24) is 0 Å². The van der Waals surface area contributed by atoms with E-state index in [1.165, 1.54) is 0 Å². The average molecular weight is 226 g/mol. The van der Waals surface area contributed by atoms with Crippen LogP contribution < -0.4 is 11.1 Å². The summed E-state index contributed by atoms with van der Waals surface area (Å²) in [6, 6.07) is 14.6. The number of hydrogen-bond acceptors (Lipinski definition) is 2. The van der Waals surface area contributed by atoms with Crippen LogP contribution in [-0.2, 0) is 0 Å². The van der Waals surface area contributed by atoms with Crippen molar-refractivity contribution in [3.63, 3.8) is 0 Å². The van der Waals surface area contributed by atoms with Gasteiger partial charge >= 0.3 is 0 Å². The lowest BCUT2D eigenvalue weighted by Gasteiger charge is -2.08. The zero-order valence-corrected chi connectivity index (χ0v) is 9.60. The maximum Gasteiger partial charge on any atom is 0.255 e. The number of anilines is 2. The Morgan fingerprint density at radius 1 is 1.12 bits per heavy atom. The van der Waals surface area contributed by atoms with Crippen LogP contribution in [0.25, 0.3) is 0 Å². The van der Waals surface area contributed by atoms with Crippen LogP contribution in [-0.4, -0.2) is 5.91 Å². The molecule has 3 nitrogen and oxygen atoms in total. The molecule has 0 bridgehead atoms. The SMILES string of the molecule is Cc1ccc(N)c(NC(=O)c2ccccc2)c1. The predicted octanol–water partition coefficient (Wildman–Crippen LogP) is 2.83. The van der Waals surface area contributed by atoms with Crippen molar-refractivity contribution in [3.8, 4) is 0 Å². The Labute approximate surface area is 100 Å². The monoisotopic (exact) mass is 226 g/mol. The van der Waals surface area contributed by atoms with E-state index >= 15 is 0 Å². The fourth-order valence-electron chi connectivity index (χ4n) is 1.56. The van der Waals surface area contributed by atoms with E-state index in [1.54, 1.807) is 18.2 Å². The molecule has 1 amide bonds. The minimum Gasteiger partial charge on any atom is -0.397 e. The summed E-state index contributed by atoms with van der Waals surface area (Å²) >= 11 is 0. The van der Waals surface area contributed by atoms with Gasteiger partial charge in [-0.25, -0.2) is 0 Å². The van der Waals surface area contributed by atoms with Crippen LogP contribution in [0.15, 0.2) is 48.5 Å². The number of rotatable bonds is 2. The molecule has 0 heterocycles. The zero-order valence-electron chi connectivity index (χ0n) is 9.60. The van der Waals surface area contributed by atoms with E-state index in [0.717, 1.165) is 5.56 Å². The number of carbonyl (C=O) groups excluding carboxylic acids is 1. The summed E-state index contributed by atoms with van der Waals surface area (Å²) < 4.78 is 0. The van der Waals surface area contributed by atoms with Crippen molar-refractivity contribution in [3.05, 3.63) is 59.7 Å². The second kappa shape index (κ2) is 4.70. The summed E-state index contributed by atoms with van der Waals surface area (Å²) in [4.78, 5) is 11.9. The molecule has 0 saturated carbocycles. The first-order chi connectivity index (χ1) is 8.16. The maximum absolute atomic E-state index is 11.9. The minimum absolute atomic E-state index is 0.150. The molecule has 0 radical (unpaired) electrons. The third-order valence-corrected chi connectivity index (χ3v) is 2.49. The highest BCUT2D eigenvalue weighted by atomic mass is 16.1. The lowest BCUT2D eigenvalue weighted by Crippen LogP contribution is -2.13. The number of nitrogens with two attached hydrogens (primary N) is 1. The van der Waals surface area contributed by atoms with Gasteiger partial charge in [-0.1, -0.05) is 24.3 Å². The highest BCUT2D eigenvalue weighted by Gasteiger charge is 2.07. The van der Waals surface area contributed by atoms with Crippen molar-refractivity contribution in [2.75, 3.05) is 11.1 Å². The number of nitrogen functional groups attached to an aromatic ring is 1. The van der Waals surface area contributed by atoms with Crippen molar-refractivity contribution < 1.29 is 4.79 Å². The molecule has 0 fully saturated rings. The van der Waals surface area contributed by atoms with Crippen LogP contribution in [0.2, 0.25) is 0 Å². The summed E-state index contributed by atoms with van der Waals surface area (Å²) in [6.45, 7) is 1.96. The number of aryl methyl sites for hydroxylation is 1. The Bertz CT molecular complexity index is 535. The topological polar surface area (TPSA) is 55.1 Å². The van der Waals surface area contributed by atoms with Gasteiger partial charge in [0.15, 0.2) is 0 Å². The largest absolute Gasteiger partial charge is 0.397 e. The molecule has 86 valence electrons. The van der Waals surface area contributed by atoms with E-state index in [9.17, 15) is 4.79 Å². The zero-order chi connectivity index (χ0) is 12.3. The van der Waals surface area contributed by atoms with Crippen LogP contribution >= 0.6 is 0 Å². The van der Waals surface area contributed by atoms with E-state index in [-0.39, 0.29) is 5.91 Å². The van der Waals surface area contributed by atoms with Crippen LogP contribution in [0.3, 0.4) is 0 Å². The Morgan fingerprint density at radius 2 is 1.82 bits per heavy atom. The van der Waals surface area contributed by atoms with E-state index in [1.807, 2.05) is 37.3 Å². The molecule has 2 rings (SSSR count). The molecular weight excluding hydrogens is 212 g/mol. The second-order valence-electron chi connectivity index (χ2n) is 3.91. The first-order valence-electron chi connectivity index (χ1n) is 5.39. The molecule has 0 atom stereocenters. The molecule has 3 heteroatoms. The number of hydrogen-bond donors (Lipinski definition) is 2. The molecule has 3 N–H and O–H groups in total. The molecule has 2 aromatic carbocycles. The summed E-state index contributed by atoms with van der Waals surface area (Å²) in [5.41, 5.74) is 8.70. The van der Waals surface area contributed by atoms with Crippen molar-refractivity contribution in [2.24, 2.45) is 0 Å². The molecular formula is C14H14N2O. The first-order valence-corrected chi connectivity index (χ1v) is 5.39. The quantitative estimate of drug-likeness (QED) is 0.773. The second-order valence-corrected chi connectivity index (χ2v) is 3.91. The predicted molar refractivity (Wildman–Crippen MR) is 70.0 cm³/mol. The summed E-state index contributed by atoms with van der Waals surface area (Å²) in [7, 11) is 0. The molecule has 17 heavy (non-hydrogen) atoms. The van der Waals surface area contributed by atoms with Gasteiger partial charge in [-0.15, -0.1) is 0 Å². The Balaban J connectivity index is 2.22. The lowest BCUT2D eigenvalue weighted by molar-refractivity contribution is 0.102. The van der Waals surface area contributed by atoms with Crippen molar-refractivity contribution in [1.29, 1.82) is 0 Å². The fraction of sp³-hybridized carbons (Fsp3) is 0.0714. The van der Waals surface area contributed by atoms with E-state index in [4.69, 9.17) is 5.73 Å². The van der Waals surface area contributed by atoms with Crippen LogP contribution in [0.5, 0.6) is 0 Å². The standard InChI is InChI=1S/C14H14N2O/c1-10-7-8-12(15)13(9-10)16-14(17)11-5-3-2-4-6-11/h2-9H,15H2,1H3,(H,16,17). The molecule has 2 aromatic rings. The van der Waals surface area contributed by atoms with Gasteiger partial charge in [0.25, 0.3) is 5.91 Å². The van der Waals surface area contributed by atoms with Crippen LogP contribution in [0.4, 0.5) is 11.4 Å². The number of amides is 1. The Kier molecular flexibility index (Phi) is 3.10. The van der Waals surface area contributed by atoms with Gasteiger partial charge in [0.2, 0.25) is 0 Å². The van der Waals surface area contributed by atoms with Crippen LogP contribution in [0.1, 0.15) is 15.9 Å². The van der Waals surface area contributed by atoms with Gasteiger partial charge < -0.3 is 11.1 Å². The highest BCUT2D eigenvalue weighted by Crippen LogP contribution is 2.20. The third-order valence-electron chi connectivity index (χ3n) is 2.49. The Morgan fingerprint density at radius 3 is 2.53 bits per heavy atom. The summed E-state index contributed by atoms with van der Waals surface area (Å²) in [5, 5.41) is 2.80. The number of carbonyl (C=O) groups is 1. The number of nitrogens with one attached hydrogen (secondary N) is 1. The van der Waals surface area contributed by atoms with Gasteiger partial charge in [-0.3, -0.25) is 4.79 Å². The van der Waals surface area contributed by atoms with Gasteiger partial charge in [0, 0.05) is 5.56 Å². The smallest absolute Gasteiger partial charge is 0.255 e. The van der Waals surface area contributed by atoms with Crippen molar-refractivity contribution >= 4 is 17.3 Å². The van der Waals surface area contributed by atoms with E-state index in [0.29, 0.717) is 16.9 Å². The molecule has 0 unspecified atom stereocenters. The minimum atomic E-state index is -0.150. The average Bonchev–Trinajstić information content (AvgIpc) is 2.35. The molecule has 0 spiro atoms. The van der Waals surface area contributed by atoms with Gasteiger partial charge in [0.05, 0.1) is 11.4 Å². The summed E-state index contributed by atoms with van der Waals surface area (Å²) in [5.74, 6) is -0.150. The molecule has 0 aliphatic carbocycles. The van der Waals surface area contributed by atoms with Crippen molar-refractivity contribution in [2.45, 2.75) is 6.92 Å². The number of benzene rings is 2. The normalized spacial score (nSPS) is 9.94. The first kappa shape index (κ1) is 11.2. The Hall–Kier alpha value is -2.29. The third kappa shape index (κ3) is 2.64. The fourth-order valence-corrected chi connectivity index (χ4v) is 1.56. The summed E-state index contributed by atoms with van der Waals surface area (Å²) in [6.07, 6.45) is 0. The van der Waals surface area contributed by atoms with Gasteiger partial charge in [-0.05, 0) is 36.8 Å². The highest BCUT2D eigenvalue weighted by molar-refractivity contribution is 6.05. The van der Waals surface area contributed by atoms with Gasteiger partial charge in [0.1, 0.15) is 0 Å². The molecule has 0 aliphatic rings. The molecule has 0 aromatic heterocycles. The van der Waals surface area contributed by atoms with E-state index in [2.05, 4.69) is 5.32 Å². The molecule has 0 saturated heterocycles. The maximum atomic E-state index is 11.9. The van der Waals surface area contributed by atoms with Crippen LogP contribution in [0, 0.1) is 6.92 Å². The van der Waals surface area contributed by atoms with Gasteiger partial charge in [-0.2, -0.15) is 0 Å². The molecule has 0 aliphatic heterocycles. The lowest BCUT2D eigenvalue weighted by atomic mass is 10.1. The van der Waals surface area contributed by atoms with E-state index < -0.39 is 0 Å².